The van der Waals surface area contributed by atoms with Crippen molar-refractivity contribution in [2.24, 2.45) is 0 Å². The predicted molar refractivity (Wildman–Crippen MR) is 241 cm³/mol. The average molecular weight is 742 g/mol. The monoisotopic (exact) mass is 741 g/mol. The molecule has 2 heterocycles. The zero-order valence-corrected chi connectivity index (χ0v) is 31.5. The highest BCUT2D eigenvalue weighted by atomic mass is 16.3. The van der Waals surface area contributed by atoms with Gasteiger partial charge in [0.25, 0.3) is 0 Å². The number of rotatable bonds is 7. The van der Waals surface area contributed by atoms with Crippen LogP contribution in [0.4, 0.5) is 17.3 Å². The van der Waals surface area contributed by atoms with E-state index in [0.717, 1.165) is 88.5 Å². The van der Waals surface area contributed by atoms with Crippen molar-refractivity contribution in [2.45, 2.75) is 0 Å². The van der Waals surface area contributed by atoms with Gasteiger partial charge >= 0.3 is 0 Å². The van der Waals surface area contributed by atoms with E-state index in [0.29, 0.717) is 5.95 Å². The van der Waals surface area contributed by atoms with Gasteiger partial charge in [0, 0.05) is 33.1 Å². The van der Waals surface area contributed by atoms with Crippen LogP contribution in [-0.2, 0) is 0 Å². The van der Waals surface area contributed by atoms with Crippen molar-refractivity contribution >= 4 is 60.9 Å². The van der Waals surface area contributed by atoms with Crippen LogP contribution < -0.4 is 4.90 Å². The van der Waals surface area contributed by atoms with Crippen LogP contribution in [0.1, 0.15) is 0 Å². The van der Waals surface area contributed by atoms with Crippen LogP contribution in [0.2, 0.25) is 0 Å². The van der Waals surface area contributed by atoms with E-state index in [1.807, 2.05) is 24.3 Å². The Morgan fingerprint density at radius 3 is 1.47 bits per heavy atom. The summed E-state index contributed by atoms with van der Waals surface area (Å²) in [6.07, 6.45) is 0. The van der Waals surface area contributed by atoms with E-state index in [1.54, 1.807) is 0 Å². The van der Waals surface area contributed by atoms with Gasteiger partial charge in [-0.15, -0.1) is 0 Å². The number of para-hydroxylation sites is 1. The molecule has 0 N–H and O–H groups in total. The van der Waals surface area contributed by atoms with Gasteiger partial charge in [-0.3, -0.25) is 4.90 Å². The Labute approximate surface area is 335 Å². The minimum Gasteiger partial charge on any atom is -0.456 e. The number of fused-ring (bicyclic) bond motifs is 5. The van der Waals surface area contributed by atoms with E-state index >= 15 is 0 Å². The van der Waals surface area contributed by atoms with Crippen LogP contribution in [0.25, 0.3) is 88.3 Å². The van der Waals surface area contributed by atoms with Crippen molar-refractivity contribution in [1.29, 1.82) is 0 Å². The molecule has 0 saturated carbocycles. The fraction of sp³-hybridized carbons (Fsp3) is 0. The minimum atomic E-state index is 0.574. The molecule has 0 aliphatic carbocycles. The van der Waals surface area contributed by atoms with E-state index in [2.05, 4.69) is 193 Å². The maximum Gasteiger partial charge on any atom is 0.235 e. The van der Waals surface area contributed by atoms with Gasteiger partial charge in [-0.2, -0.15) is 0 Å². The summed E-state index contributed by atoms with van der Waals surface area (Å²) >= 11 is 0. The van der Waals surface area contributed by atoms with Gasteiger partial charge in [0.05, 0.1) is 11.2 Å². The number of hydrogen-bond acceptors (Lipinski definition) is 4. The highest BCUT2D eigenvalue weighted by Gasteiger charge is 2.23. The molecule has 4 nitrogen and oxygen atoms in total. The molecule has 0 spiro atoms. The van der Waals surface area contributed by atoms with Crippen molar-refractivity contribution in [2.75, 3.05) is 4.90 Å². The molecular formula is C54H35N3O. The maximum atomic E-state index is 6.75. The van der Waals surface area contributed by atoms with Crippen molar-refractivity contribution in [3.05, 3.63) is 212 Å². The standard InChI is InChI=1S/C54H35N3O/c1-4-14-36(15-5-1)39-24-28-44(29-25-39)57(45-30-26-40(27-31-45)37-16-6-2-7-17-37)54-55-49-23-13-12-22-46(49)53(56-54)48-33-43(38-18-8-3-9-19-38)35-51-52(48)47-32-41-20-10-11-21-42(41)34-50(47)58-51/h1-35H. The summed E-state index contributed by atoms with van der Waals surface area (Å²) in [4.78, 5) is 13.1. The molecule has 11 aromatic rings. The number of nitrogens with zero attached hydrogens (tertiary/aromatic N) is 3. The van der Waals surface area contributed by atoms with Crippen LogP contribution in [0.15, 0.2) is 217 Å². The molecule has 0 radical (unpaired) electrons. The molecule has 0 aliphatic heterocycles. The predicted octanol–water partition coefficient (Wildman–Crippen LogP) is 14.8. The topological polar surface area (TPSA) is 42.2 Å². The van der Waals surface area contributed by atoms with Crippen LogP contribution in [-0.4, -0.2) is 9.97 Å². The van der Waals surface area contributed by atoms with Gasteiger partial charge in [0.2, 0.25) is 5.95 Å². The van der Waals surface area contributed by atoms with Crippen molar-refractivity contribution in [3.63, 3.8) is 0 Å². The van der Waals surface area contributed by atoms with Gasteiger partial charge in [0.1, 0.15) is 11.2 Å². The SMILES string of the molecule is c1ccc(-c2ccc(N(c3ccc(-c4ccccc4)cc3)c3nc(-c4cc(-c5ccccc5)cc5oc6cc7ccccc7cc6c45)c4ccccc4n3)cc2)cc1. The fourth-order valence-corrected chi connectivity index (χ4v) is 8.19. The molecule has 0 saturated heterocycles. The molecule has 58 heavy (non-hydrogen) atoms. The van der Waals surface area contributed by atoms with Gasteiger partial charge < -0.3 is 4.42 Å². The van der Waals surface area contributed by atoms with Crippen molar-refractivity contribution in [1.82, 2.24) is 9.97 Å². The molecule has 272 valence electrons. The first-order valence-electron chi connectivity index (χ1n) is 19.6. The van der Waals surface area contributed by atoms with E-state index in [1.165, 1.54) is 11.1 Å². The second-order valence-electron chi connectivity index (χ2n) is 14.6. The van der Waals surface area contributed by atoms with Gasteiger partial charge in [-0.1, -0.05) is 158 Å². The second kappa shape index (κ2) is 14.0. The number of aromatic nitrogens is 2. The fourth-order valence-electron chi connectivity index (χ4n) is 8.19. The lowest BCUT2D eigenvalue weighted by atomic mass is 9.95. The minimum absolute atomic E-state index is 0.574. The summed E-state index contributed by atoms with van der Waals surface area (Å²) in [5.41, 5.74) is 13.0. The third kappa shape index (κ3) is 5.96. The maximum absolute atomic E-state index is 6.75. The quantitative estimate of drug-likeness (QED) is 0.163. The van der Waals surface area contributed by atoms with Crippen LogP contribution >= 0.6 is 0 Å². The largest absolute Gasteiger partial charge is 0.456 e. The molecule has 0 bridgehead atoms. The van der Waals surface area contributed by atoms with Crippen molar-refractivity contribution in [3.8, 4) is 44.6 Å². The Hall–Kier alpha value is -7.82. The number of hydrogen-bond donors (Lipinski definition) is 0. The summed E-state index contributed by atoms with van der Waals surface area (Å²) in [6, 6.07) is 74.4. The van der Waals surface area contributed by atoms with Crippen LogP contribution in [0, 0.1) is 0 Å². The molecule has 0 fully saturated rings. The average Bonchev–Trinajstić information content (AvgIpc) is 3.66. The first-order valence-corrected chi connectivity index (χ1v) is 19.6. The van der Waals surface area contributed by atoms with E-state index < -0.39 is 0 Å². The normalized spacial score (nSPS) is 11.4. The smallest absolute Gasteiger partial charge is 0.235 e. The number of anilines is 3. The highest BCUT2D eigenvalue weighted by molar-refractivity contribution is 6.18. The van der Waals surface area contributed by atoms with E-state index in [9.17, 15) is 0 Å². The summed E-state index contributed by atoms with van der Waals surface area (Å²) in [5, 5.41) is 5.35. The molecule has 4 heteroatoms. The molecule has 0 unspecified atom stereocenters. The van der Waals surface area contributed by atoms with E-state index in [4.69, 9.17) is 14.4 Å². The summed E-state index contributed by atoms with van der Waals surface area (Å²) in [7, 11) is 0. The number of furan rings is 1. The van der Waals surface area contributed by atoms with Gasteiger partial charge in [-0.05, 0) is 98.8 Å². The molecule has 0 aliphatic rings. The lowest BCUT2D eigenvalue weighted by molar-refractivity contribution is 0.669. The lowest BCUT2D eigenvalue weighted by Crippen LogP contribution is -2.14. The Balaban J connectivity index is 1.16. The Kier molecular flexibility index (Phi) is 8.11. The summed E-state index contributed by atoms with van der Waals surface area (Å²) in [6.45, 7) is 0. The zero-order valence-electron chi connectivity index (χ0n) is 31.5. The summed E-state index contributed by atoms with van der Waals surface area (Å²) in [5.74, 6) is 0.574. The third-order valence-electron chi connectivity index (χ3n) is 11.1. The highest BCUT2D eigenvalue weighted by Crippen LogP contribution is 2.44. The Bertz CT molecular complexity index is 3170. The first-order chi connectivity index (χ1) is 28.7. The lowest BCUT2D eigenvalue weighted by Gasteiger charge is -2.25. The van der Waals surface area contributed by atoms with Crippen LogP contribution in [0.5, 0.6) is 0 Å². The van der Waals surface area contributed by atoms with Gasteiger partial charge in [-0.25, -0.2) is 9.97 Å². The Morgan fingerprint density at radius 2 is 0.862 bits per heavy atom. The molecule has 2 aromatic heterocycles. The molecule has 11 rings (SSSR count). The zero-order chi connectivity index (χ0) is 38.4. The third-order valence-corrected chi connectivity index (χ3v) is 11.1. The summed E-state index contributed by atoms with van der Waals surface area (Å²) < 4.78 is 6.75. The Morgan fingerprint density at radius 1 is 0.362 bits per heavy atom. The van der Waals surface area contributed by atoms with Crippen LogP contribution in [0.3, 0.4) is 0 Å². The van der Waals surface area contributed by atoms with E-state index in [-0.39, 0.29) is 0 Å². The van der Waals surface area contributed by atoms with Crippen molar-refractivity contribution < 1.29 is 4.42 Å². The second-order valence-corrected chi connectivity index (χ2v) is 14.6. The molecule has 0 amide bonds. The number of benzene rings is 9. The molecular weight excluding hydrogens is 707 g/mol. The van der Waals surface area contributed by atoms with Gasteiger partial charge in [0.15, 0.2) is 0 Å². The molecule has 9 aromatic carbocycles. The first kappa shape index (κ1) is 33.5. The molecule has 0 atom stereocenters.